The third-order valence-electron chi connectivity index (χ3n) is 4.02. The van der Waals surface area contributed by atoms with E-state index in [0.29, 0.717) is 5.56 Å². The maximum atomic E-state index is 13.0. The zero-order chi connectivity index (χ0) is 20.1. The number of carbonyl (C=O) groups is 2. The number of rotatable bonds is 6. The van der Waals surface area contributed by atoms with Crippen LogP contribution in [0, 0.1) is 5.92 Å². The summed E-state index contributed by atoms with van der Waals surface area (Å²) in [6, 6.07) is 13.0. The lowest BCUT2D eigenvalue weighted by atomic mass is 10.2. The van der Waals surface area contributed by atoms with E-state index >= 15 is 0 Å². The maximum absolute atomic E-state index is 13.0. The van der Waals surface area contributed by atoms with Crippen molar-refractivity contribution in [3.05, 3.63) is 65.7 Å². The zero-order valence-electron chi connectivity index (χ0n) is 14.7. The molecule has 146 valence electrons. The largest absolute Gasteiger partial charge is 0.455 e. The van der Waals surface area contributed by atoms with Crippen LogP contribution in [-0.2, 0) is 20.5 Å². The molecule has 1 aliphatic carbocycles. The van der Waals surface area contributed by atoms with Crippen LogP contribution in [-0.4, -0.2) is 24.7 Å². The van der Waals surface area contributed by atoms with Crippen LogP contribution in [0.3, 0.4) is 0 Å². The Morgan fingerprint density at radius 3 is 2.46 bits per heavy atom. The Balaban J connectivity index is 1.84. The summed E-state index contributed by atoms with van der Waals surface area (Å²) in [7, 11) is 0. The topological polar surface area (TPSA) is 59.0 Å². The molecule has 0 saturated heterocycles. The van der Waals surface area contributed by atoms with Crippen LogP contribution in [0.1, 0.15) is 24.0 Å². The summed E-state index contributed by atoms with van der Waals surface area (Å²) in [5, 5.41) is 4.83. The van der Waals surface area contributed by atoms with Crippen LogP contribution < -0.4 is 5.01 Å². The van der Waals surface area contributed by atoms with Gasteiger partial charge in [0.05, 0.1) is 23.4 Å². The number of hydrogen-bond acceptors (Lipinski definition) is 4. The second kappa shape index (κ2) is 8.24. The molecule has 0 spiro atoms. The van der Waals surface area contributed by atoms with Gasteiger partial charge in [0.1, 0.15) is 0 Å². The lowest BCUT2D eigenvalue weighted by molar-refractivity contribution is -0.149. The van der Waals surface area contributed by atoms with Gasteiger partial charge in [0.15, 0.2) is 6.61 Å². The van der Waals surface area contributed by atoms with Crippen LogP contribution >= 0.6 is 0 Å². The van der Waals surface area contributed by atoms with E-state index in [-0.39, 0.29) is 11.6 Å². The molecular formula is C20H17F3N2O3. The normalized spacial score (nSPS) is 14.1. The monoisotopic (exact) mass is 390 g/mol. The van der Waals surface area contributed by atoms with Gasteiger partial charge in [-0.3, -0.25) is 9.59 Å². The Morgan fingerprint density at radius 1 is 1.11 bits per heavy atom. The highest BCUT2D eigenvalue weighted by atomic mass is 19.4. The van der Waals surface area contributed by atoms with Gasteiger partial charge in [-0.15, -0.1) is 0 Å². The summed E-state index contributed by atoms with van der Waals surface area (Å²) < 4.78 is 44.0. The Bertz CT molecular complexity index is 878. The summed E-state index contributed by atoms with van der Waals surface area (Å²) in [6.07, 6.45) is -1.78. The highest BCUT2D eigenvalue weighted by molar-refractivity contribution is 5.97. The quantitative estimate of drug-likeness (QED) is 0.425. The smallest absolute Gasteiger partial charge is 0.416 e. The van der Waals surface area contributed by atoms with E-state index in [1.807, 2.05) is 0 Å². The van der Waals surface area contributed by atoms with Crippen molar-refractivity contribution < 1.29 is 27.5 Å². The van der Waals surface area contributed by atoms with E-state index in [2.05, 4.69) is 5.10 Å². The minimum Gasteiger partial charge on any atom is -0.455 e. The van der Waals surface area contributed by atoms with Crippen LogP contribution in [0.15, 0.2) is 59.7 Å². The number of amides is 1. The highest BCUT2D eigenvalue weighted by Crippen LogP contribution is 2.32. The van der Waals surface area contributed by atoms with Gasteiger partial charge in [-0.2, -0.15) is 23.3 Å². The molecule has 8 heteroatoms. The molecule has 2 aromatic carbocycles. The number of hydrogen-bond donors (Lipinski definition) is 0. The van der Waals surface area contributed by atoms with Crippen LogP contribution in [0.25, 0.3) is 0 Å². The van der Waals surface area contributed by atoms with Gasteiger partial charge in [-0.1, -0.05) is 36.4 Å². The number of nitrogens with zero attached hydrogens (tertiary/aromatic N) is 2. The molecule has 2 aromatic rings. The highest BCUT2D eigenvalue weighted by Gasteiger charge is 2.33. The summed E-state index contributed by atoms with van der Waals surface area (Å²) in [6.45, 7) is -0.599. The molecule has 1 saturated carbocycles. The number of benzene rings is 2. The minimum absolute atomic E-state index is 0.0746. The summed E-state index contributed by atoms with van der Waals surface area (Å²) in [5.74, 6) is -1.42. The average molecular weight is 390 g/mol. The van der Waals surface area contributed by atoms with Crippen molar-refractivity contribution in [1.82, 2.24) is 0 Å². The molecule has 5 nitrogen and oxygen atoms in total. The Labute approximate surface area is 159 Å². The predicted octanol–water partition coefficient (Wildman–Crippen LogP) is 4.03. The maximum Gasteiger partial charge on any atom is 0.416 e. The molecule has 1 amide bonds. The van der Waals surface area contributed by atoms with Gasteiger partial charge in [0.2, 0.25) is 0 Å². The fourth-order valence-electron chi connectivity index (χ4n) is 2.38. The molecular weight excluding hydrogens is 373 g/mol. The van der Waals surface area contributed by atoms with Gasteiger partial charge < -0.3 is 4.74 Å². The molecule has 0 aliphatic heterocycles. The first kappa shape index (κ1) is 19.6. The summed E-state index contributed by atoms with van der Waals surface area (Å²) >= 11 is 0. The third-order valence-corrected chi connectivity index (χ3v) is 4.02. The number of alkyl halides is 3. The molecule has 3 rings (SSSR count). The Morgan fingerprint density at radius 2 is 1.82 bits per heavy atom. The lowest BCUT2D eigenvalue weighted by Gasteiger charge is -2.18. The van der Waals surface area contributed by atoms with Gasteiger partial charge in [0.25, 0.3) is 5.91 Å². The molecule has 0 aromatic heterocycles. The van der Waals surface area contributed by atoms with Crippen LogP contribution in [0.2, 0.25) is 0 Å². The van der Waals surface area contributed by atoms with Crippen molar-refractivity contribution >= 4 is 23.8 Å². The SMILES string of the molecule is O=C(OCC(=O)N(N=Cc1ccccc1)c1cccc(C(F)(F)F)c1)C1CC1. The average Bonchev–Trinajstić information content (AvgIpc) is 3.52. The van der Waals surface area contributed by atoms with E-state index < -0.39 is 30.2 Å². The minimum atomic E-state index is -4.56. The standard InChI is InChI=1S/C20H17F3N2O3/c21-20(22,23)16-7-4-8-17(11-16)25(24-12-14-5-2-1-3-6-14)18(26)13-28-19(27)15-9-10-15/h1-8,11-12,15H,9-10,13H2. The molecule has 0 atom stereocenters. The summed E-state index contributed by atoms with van der Waals surface area (Å²) in [4.78, 5) is 24.2. The van der Waals surface area contributed by atoms with Crippen molar-refractivity contribution in [3.8, 4) is 0 Å². The molecule has 0 N–H and O–H groups in total. The first-order valence-electron chi connectivity index (χ1n) is 8.60. The fourth-order valence-corrected chi connectivity index (χ4v) is 2.38. The molecule has 0 unspecified atom stereocenters. The van der Waals surface area contributed by atoms with Gasteiger partial charge in [-0.25, -0.2) is 0 Å². The number of hydrazone groups is 1. The van der Waals surface area contributed by atoms with Gasteiger partial charge >= 0.3 is 12.1 Å². The van der Waals surface area contributed by atoms with Crippen molar-refractivity contribution in [2.45, 2.75) is 19.0 Å². The molecule has 1 fully saturated rings. The second-order valence-electron chi connectivity index (χ2n) is 6.29. The Kier molecular flexibility index (Phi) is 5.77. The number of ether oxygens (including phenoxy) is 1. The van der Waals surface area contributed by atoms with E-state index in [9.17, 15) is 22.8 Å². The van der Waals surface area contributed by atoms with Crippen molar-refractivity contribution in [2.24, 2.45) is 11.0 Å². The van der Waals surface area contributed by atoms with Gasteiger partial charge in [0, 0.05) is 0 Å². The van der Waals surface area contributed by atoms with E-state index in [1.165, 1.54) is 18.3 Å². The molecule has 0 radical (unpaired) electrons. The fraction of sp³-hybridized carbons (Fsp3) is 0.250. The lowest BCUT2D eigenvalue weighted by Crippen LogP contribution is -2.31. The van der Waals surface area contributed by atoms with E-state index in [1.54, 1.807) is 30.3 Å². The number of halogens is 3. The number of carbonyl (C=O) groups excluding carboxylic acids is 2. The molecule has 28 heavy (non-hydrogen) atoms. The van der Waals surface area contributed by atoms with Crippen molar-refractivity contribution in [3.63, 3.8) is 0 Å². The first-order chi connectivity index (χ1) is 13.3. The third kappa shape index (κ3) is 5.18. The van der Waals surface area contributed by atoms with E-state index in [4.69, 9.17) is 4.74 Å². The summed E-state index contributed by atoms with van der Waals surface area (Å²) in [5.41, 5.74) is -0.329. The van der Waals surface area contributed by atoms with Gasteiger partial charge in [-0.05, 0) is 36.6 Å². The van der Waals surface area contributed by atoms with Crippen molar-refractivity contribution in [1.29, 1.82) is 0 Å². The Hall–Kier alpha value is -3.16. The predicted molar refractivity (Wildman–Crippen MR) is 96.6 cm³/mol. The number of anilines is 1. The molecule has 0 bridgehead atoms. The zero-order valence-corrected chi connectivity index (χ0v) is 14.7. The second-order valence-corrected chi connectivity index (χ2v) is 6.29. The van der Waals surface area contributed by atoms with Crippen molar-refractivity contribution in [2.75, 3.05) is 11.6 Å². The molecule has 1 aliphatic rings. The first-order valence-corrected chi connectivity index (χ1v) is 8.60. The number of esters is 1. The van der Waals surface area contributed by atoms with Crippen LogP contribution in [0.4, 0.5) is 18.9 Å². The van der Waals surface area contributed by atoms with Crippen LogP contribution in [0.5, 0.6) is 0 Å². The van der Waals surface area contributed by atoms with E-state index in [0.717, 1.165) is 30.0 Å². The molecule has 0 heterocycles.